The summed E-state index contributed by atoms with van der Waals surface area (Å²) in [5.74, 6) is 1.77. The first-order valence-electron chi connectivity index (χ1n) is 5.29. The molecule has 2 N–H and O–H groups in total. The minimum atomic E-state index is 0.759. The van der Waals surface area contributed by atoms with Gasteiger partial charge in [0.1, 0.15) is 0 Å². The van der Waals surface area contributed by atoms with E-state index in [4.69, 9.17) is 0 Å². The van der Waals surface area contributed by atoms with Crippen LogP contribution in [0, 0.1) is 5.92 Å². The molecule has 2 heteroatoms. The van der Waals surface area contributed by atoms with Crippen molar-refractivity contribution < 1.29 is 0 Å². The molecule has 0 radical (unpaired) electrons. The number of hydrogen-bond donors (Lipinski definition) is 2. The van der Waals surface area contributed by atoms with E-state index in [1.807, 2.05) is 6.20 Å². The highest BCUT2D eigenvalue weighted by atomic mass is 14.9. The molecule has 2 fully saturated rings. The monoisotopic (exact) mass is 176 g/mol. The van der Waals surface area contributed by atoms with Gasteiger partial charge < -0.3 is 10.3 Å². The summed E-state index contributed by atoms with van der Waals surface area (Å²) in [5.41, 5.74) is 1.50. The van der Waals surface area contributed by atoms with Crippen molar-refractivity contribution in [2.45, 2.75) is 31.2 Å². The van der Waals surface area contributed by atoms with E-state index in [9.17, 15) is 0 Å². The predicted octanol–water partition coefficient (Wildman–Crippen LogP) is 1.87. The molecule has 3 rings (SSSR count). The molecule has 2 bridgehead atoms. The first-order valence-corrected chi connectivity index (χ1v) is 5.29. The second-order valence-electron chi connectivity index (χ2n) is 4.44. The zero-order chi connectivity index (χ0) is 8.67. The Labute approximate surface area is 78.7 Å². The minimum Gasteiger partial charge on any atom is -0.367 e. The van der Waals surface area contributed by atoms with Crippen LogP contribution in [0.4, 0.5) is 0 Å². The normalized spacial score (nSPS) is 38.0. The molecule has 3 unspecified atom stereocenters. The lowest BCUT2D eigenvalue weighted by atomic mass is 9.97. The number of rotatable bonds is 1. The van der Waals surface area contributed by atoms with Crippen molar-refractivity contribution >= 4 is 0 Å². The van der Waals surface area contributed by atoms with Gasteiger partial charge >= 0.3 is 0 Å². The number of aromatic nitrogens is 1. The van der Waals surface area contributed by atoms with E-state index in [1.165, 1.54) is 31.4 Å². The van der Waals surface area contributed by atoms with Gasteiger partial charge in [0.25, 0.3) is 0 Å². The van der Waals surface area contributed by atoms with Gasteiger partial charge in [0.15, 0.2) is 0 Å². The van der Waals surface area contributed by atoms with Gasteiger partial charge in [-0.3, -0.25) is 0 Å². The third-order valence-corrected chi connectivity index (χ3v) is 3.67. The number of hydrogen-bond acceptors (Lipinski definition) is 1. The van der Waals surface area contributed by atoms with Gasteiger partial charge in [-0.25, -0.2) is 0 Å². The maximum absolute atomic E-state index is 3.63. The summed E-state index contributed by atoms with van der Waals surface area (Å²) in [5, 5.41) is 3.63. The number of nitrogens with one attached hydrogen (secondary N) is 2. The van der Waals surface area contributed by atoms with E-state index in [2.05, 4.69) is 22.6 Å². The van der Waals surface area contributed by atoms with Crippen molar-refractivity contribution in [3.8, 4) is 0 Å². The fraction of sp³-hybridized carbons (Fsp3) is 0.636. The first kappa shape index (κ1) is 7.63. The quantitative estimate of drug-likeness (QED) is 0.671. The fourth-order valence-corrected chi connectivity index (χ4v) is 3.01. The molecule has 1 aromatic heterocycles. The molecule has 3 atom stereocenters. The summed E-state index contributed by atoms with van der Waals surface area (Å²) in [6.45, 7) is 1.23. The fourth-order valence-electron chi connectivity index (χ4n) is 3.01. The third-order valence-electron chi connectivity index (χ3n) is 3.67. The zero-order valence-electron chi connectivity index (χ0n) is 7.79. The smallest absolute Gasteiger partial charge is 0.0139 e. The minimum absolute atomic E-state index is 0.759. The van der Waals surface area contributed by atoms with Crippen molar-refractivity contribution in [2.24, 2.45) is 5.92 Å². The standard InChI is InChI=1S/C11H16N2/c1-4-13-11-6-8(1)5-10(11)9-2-3-12-7-9/h2-3,7-8,10-13H,1,4-6H2. The van der Waals surface area contributed by atoms with Crippen LogP contribution in [0.25, 0.3) is 0 Å². The molecule has 2 nitrogen and oxygen atoms in total. The van der Waals surface area contributed by atoms with Crippen LogP contribution >= 0.6 is 0 Å². The highest BCUT2D eigenvalue weighted by Gasteiger charge is 2.37. The summed E-state index contributed by atoms with van der Waals surface area (Å²) in [6.07, 6.45) is 8.38. The van der Waals surface area contributed by atoms with Crippen LogP contribution in [0.3, 0.4) is 0 Å². The highest BCUT2D eigenvalue weighted by molar-refractivity contribution is 5.20. The van der Waals surface area contributed by atoms with Gasteiger partial charge in [-0.2, -0.15) is 0 Å². The van der Waals surface area contributed by atoms with E-state index in [1.54, 1.807) is 0 Å². The van der Waals surface area contributed by atoms with E-state index in [0.717, 1.165) is 17.9 Å². The molecule has 1 saturated heterocycles. The van der Waals surface area contributed by atoms with Crippen LogP contribution in [0.15, 0.2) is 18.5 Å². The van der Waals surface area contributed by atoms with Crippen molar-refractivity contribution in [1.82, 2.24) is 10.3 Å². The Bertz CT molecular complexity index is 278. The average molecular weight is 176 g/mol. The summed E-state index contributed by atoms with van der Waals surface area (Å²) in [7, 11) is 0. The van der Waals surface area contributed by atoms with Crippen LogP contribution in [0.5, 0.6) is 0 Å². The molecule has 1 aliphatic carbocycles. The Kier molecular flexibility index (Phi) is 1.69. The molecule has 0 aromatic carbocycles. The summed E-state index contributed by atoms with van der Waals surface area (Å²) >= 11 is 0. The Morgan fingerprint density at radius 1 is 1.31 bits per heavy atom. The summed E-state index contributed by atoms with van der Waals surface area (Å²) in [4.78, 5) is 3.16. The molecular weight excluding hydrogens is 160 g/mol. The molecule has 2 aliphatic rings. The molecule has 0 spiro atoms. The van der Waals surface area contributed by atoms with Crippen LogP contribution < -0.4 is 5.32 Å². The summed E-state index contributed by atoms with van der Waals surface area (Å²) < 4.78 is 0. The van der Waals surface area contributed by atoms with Gasteiger partial charge in [0, 0.05) is 24.4 Å². The molecule has 1 saturated carbocycles. The molecule has 0 amide bonds. The van der Waals surface area contributed by atoms with Crippen LogP contribution in [0.1, 0.15) is 30.7 Å². The van der Waals surface area contributed by atoms with Crippen molar-refractivity contribution in [1.29, 1.82) is 0 Å². The van der Waals surface area contributed by atoms with Gasteiger partial charge in [-0.15, -0.1) is 0 Å². The van der Waals surface area contributed by atoms with Gasteiger partial charge in [0.2, 0.25) is 0 Å². The van der Waals surface area contributed by atoms with E-state index < -0.39 is 0 Å². The van der Waals surface area contributed by atoms with Crippen LogP contribution in [-0.2, 0) is 0 Å². The van der Waals surface area contributed by atoms with Gasteiger partial charge in [-0.05, 0) is 43.4 Å². The molecule has 1 aliphatic heterocycles. The lowest BCUT2D eigenvalue weighted by molar-refractivity contribution is 0.386. The first-order chi connectivity index (χ1) is 6.43. The third kappa shape index (κ3) is 1.20. The van der Waals surface area contributed by atoms with Crippen molar-refractivity contribution in [3.63, 3.8) is 0 Å². The second-order valence-corrected chi connectivity index (χ2v) is 4.44. The topological polar surface area (TPSA) is 27.8 Å². The van der Waals surface area contributed by atoms with Crippen molar-refractivity contribution in [2.75, 3.05) is 6.54 Å². The molecule has 2 heterocycles. The molecule has 70 valence electrons. The highest BCUT2D eigenvalue weighted by Crippen LogP contribution is 2.41. The second kappa shape index (κ2) is 2.88. The van der Waals surface area contributed by atoms with Gasteiger partial charge in [0.05, 0.1) is 0 Å². The van der Waals surface area contributed by atoms with E-state index >= 15 is 0 Å². The summed E-state index contributed by atoms with van der Waals surface area (Å²) in [6, 6.07) is 2.99. The Balaban J connectivity index is 1.86. The lowest BCUT2D eigenvalue weighted by Gasteiger charge is -2.22. The zero-order valence-corrected chi connectivity index (χ0v) is 7.79. The Hall–Kier alpha value is -0.760. The van der Waals surface area contributed by atoms with Crippen LogP contribution in [-0.4, -0.2) is 17.6 Å². The van der Waals surface area contributed by atoms with Crippen LogP contribution in [0.2, 0.25) is 0 Å². The maximum atomic E-state index is 3.63. The van der Waals surface area contributed by atoms with Gasteiger partial charge in [-0.1, -0.05) is 0 Å². The average Bonchev–Trinajstić information content (AvgIpc) is 2.74. The van der Waals surface area contributed by atoms with Crippen molar-refractivity contribution in [3.05, 3.63) is 24.0 Å². The number of fused-ring (bicyclic) bond motifs is 2. The Morgan fingerprint density at radius 3 is 3.08 bits per heavy atom. The molecule has 1 aromatic rings. The number of piperidine rings is 1. The molecular formula is C11H16N2. The molecule has 13 heavy (non-hydrogen) atoms. The number of H-pyrrole nitrogens is 1. The SMILES string of the molecule is c1cc(C2CC3CCNC2C3)c[nH]1. The number of aromatic amines is 1. The Morgan fingerprint density at radius 2 is 2.31 bits per heavy atom. The maximum Gasteiger partial charge on any atom is 0.0139 e. The lowest BCUT2D eigenvalue weighted by Crippen LogP contribution is -2.34. The van der Waals surface area contributed by atoms with E-state index in [0.29, 0.717) is 0 Å². The largest absolute Gasteiger partial charge is 0.367 e. The predicted molar refractivity (Wildman–Crippen MR) is 52.7 cm³/mol. The van der Waals surface area contributed by atoms with E-state index in [-0.39, 0.29) is 0 Å².